The summed E-state index contributed by atoms with van der Waals surface area (Å²) < 4.78 is 41.7. The molecule has 6 heteroatoms. The van der Waals surface area contributed by atoms with Crippen molar-refractivity contribution >= 4 is 15.9 Å². The average Bonchev–Trinajstić information content (AvgIpc) is 2.97. The Hall–Kier alpha value is -2.21. The molecule has 1 aliphatic heterocycles. The first-order chi connectivity index (χ1) is 11.0. The summed E-state index contributed by atoms with van der Waals surface area (Å²) in [5, 5.41) is 0. The fourth-order valence-corrected chi connectivity index (χ4v) is 3.67. The third-order valence-corrected chi connectivity index (χ3v) is 5.07. The van der Waals surface area contributed by atoms with Crippen LogP contribution in [0.3, 0.4) is 0 Å². The molecule has 0 saturated carbocycles. The highest BCUT2D eigenvalue weighted by Crippen LogP contribution is 2.19. The van der Waals surface area contributed by atoms with E-state index in [0.717, 1.165) is 18.5 Å². The summed E-state index contributed by atoms with van der Waals surface area (Å²) in [5.41, 5.74) is 0.929. The number of amidine groups is 1. The highest BCUT2D eigenvalue weighted by atomic mass is 32.2. The maximum atomic E-state index is 13.0. The number of hydrogen-bond donors (Lipinski definition) is 0. The number of rotatable bonds is 4. The number of hydrogen-bond acceptors (Lipinski definition) is 2. The zero-order chi connectivity index (χ0) is 16.3. The maximum absolute atomic E-state index is 13.0. The smallest absolute Gasteiger partial charge is 0.283 e. The molecular formula is C17H17FN2O2S. The van der Waals surface area contributed by atoms with E-state index in [4.69, 9.17) is 0 Å². The lowest BCUT2D eigenvalue weighted by atomic mass is 10.2. The molecule has 3 rings (SSSR count). The largest absolute Gasteiger partial charge is 0.355 e. The monoisotopic (exact) mass is 332 g/mol. The van der Waals surface area contributed by atoms with Crippen LogP contribution in [0.5, 0.6) is 0 Å². The molecule has 0 spiro atoms. The van der Waals surface area contributed by atoms with E-state index in [1.165, 1.54) is 12.1 Å². The van der Waals surface area contributed by atoms with Gasteiger partial charge in [0.2, 0.25) is 0 Å². The number of likely N-dealkylation sites (tertiary alicyclic amines) is 1. The molecular weight excluding hydrogens is 315 g/mol. The van der Waals surface area contributed by atoms with Crippen molar-refractivity contribution in [1.82, 2.24) is 4.90 Å². The highest BCUT2D eigenvalue weighted by Gasteiger charge is 2.22. The van der Waals surface area contributed by atoms with Crippen LogP contribution < -0.4 is 0 Å². The van der Waals surface area contributed by atoms with Crippen LogP contribution in [-0.4, -0.2) is 25.7 Å². The van der Waals surface area contributed by atoms with Gasteiger partial charge in [-0.05, 0) is 36.2 Å². The van der Waals surface area contributed by atoms with Gasteiger partial charge in [-0.1, -0.05) is 30.3 Å². The predicted octanol–water partition coefficient (Wildman–Crippen LogP) is 3.21. The third-order valence-electron chi connectivity index (χ3n) is 3.75. The third kappa shape index (κ3) is 3.76. The summed E-state index contributed by atoms with van der Waals surface area (Å²) in [6, 6.07) is 14.4. The minimum atomic E-state index is -3.69. The van der Waals surface area contributed by atoms with Crippen molar-refractivity contribution in [3.8, 4) is 0 Å². The van der Waals surface area contributed by atoms with E-state index >= 15 is 0 Å². The molecule has 4 nitrogen and oxygen atoms in total. The normalized spacial score (nSPS) is 16.9. The van der Waals surface area contributed by atoms with Gasteiger partial charge in [-0.2, -0.15) is 8.42 Å². The Labute approximate surface area is 135 Å². The number of halogens is 1. The minimum absolute atomic E-state index is 0.195. The van der Waals surface area contributed by atoms with Crippen molar-refractivity contribution in [1.29, 1.82) is 0 Å². The summed E-state index contributed by atoms with van der Waals surface area (Å²) in [5.74, 6) is 0.286. The van der Waals surface area contributed by atoms with Gasteiger partial charge < -0.3 is 4.90 Å². The topological polar surface area (TPSA) is 49.7 Å². The molecule has 2 aromatic rings. The summed E-state index contributed by atoms with van der Waals surface area (Å²) in [4.78, 5) is 2.13. The van der Waals surface area contributed by atoms with E-state index in [1.54, 1.807) is 42.5 Å². The lowest BCUT2D eigenvalue weighted by molar-refractivity contribution is 0.448. The van der Waals surface area contributed by atoms with E-state index in [9.17, 15) is 12.8 Å². The van der Waals surface area contributed by atoms with E-state index in [-0.39, 0.29) is 10.7 Å². The van der Waals surface area contributed by atoms with Crippen LogP contribution >= 0.6 is 0 Å². The summed E-state index contributed by atoms with van der Waals surface area (Å²) >= 11 is 0. The van der Waals surface area contributed by atoms with Gasteiger partial charge >= 0.3 is 0 Å². The predicted molar refractivity (Wildman–Crippen MR) is 87.1 cm³/mol. The fraction of sp³-hybridized carbons (Fsp3) is 0.235. The molecule has 120 valence electrons. The van der Waals surface area contributed by atoms with E-state index in [2.05, 4.69) is 4.40 Å². The maximum Gasteiger partial charge on any atom is 0.283 e. The number of benzene rings is 2. The second-order valence-corrected chi connectivity index (χ2v) is 7.05. The summed E-state index contributed by atoms with van der Waals surface area (Å²) in [6.45, 7) is 1.28. The van der Waals surface area contributed by atoms with Crippen LogP contribution in [0.1, 0.15) is 18.4 Å². The second-order valence-electron chi connectivity index (χ2n) is 5.45. The van der Waals surface area contributed by atoms with Crippen molar-refractivity contribution in [2.24, 2.45) is 4.40 Å². The molecule has 0 radical (unpaired) electrons. The van der Waals surface area contributed by atoms with E-state index in [1.807, 2.05) is 4.90 Å². The van der Waals surface area contributed by atoms with Gasteiger partial charge in [0.25, 0.3) is 10.0 Å². The van der Waals surface area contributed by atoms with E-state index in [0.29, 0.717) is 18.8 Å². The Bertz CT molecular complexity index is 802. The van der Waals surface area contributed by atoms with Gasteiger partial charge in [0.1, 0.15) is 11.7 Å². The van der Waals surface area contributed by atoms with Gasteiger partial charge in [-0.25, -0.2) is 4.39 Å². The Balaban J connectivity index is 1.82. The molecule has 0 unspecified atom stereocenters. The molecule has 0 bridgehead atoms. The van der Waals surface area contributed by atoms with Gasteiger partial charge in [-0.3, -0.25) is 0 Å². The standard InChI is InChI=1S/C17H17FN2O2S/c18-15-10-8-14(9-11-15)13-20-12-4-7-17(20)19-23(21,22)16-5-2-1-3-6-16/h1-3,5-6,8-11H,4,7,12-13H2/b19-17+. The number of sulfonamides is 1. The molecule has 1 heterocycles. The molecule has 0 N–H and O–H groups in total. The Morgan fingerprint density at radius 2 is 1.74 bits per heavy atom. The fourth-order valence-electron chi connectivity index (χ4n) is 2.58. The SMILES string of the molecule is O=S(=O)(/N=C1\CCCN1Cc1ccc(F)cc1)c1ccccc1. The zero-order valence-corrected chi connectivity index (χ0v) is 13.3. The first-order valence-electron chi connectivity index (χ1n) is 7.43. The van der Waals surface area contributed by atoms with Crippen LogP contribution in [-0.2, 0) is 16.6 Å². The Morgan fingerprint density at radius 3 is 2.43 bits per heavy atom. The zero-order valence-electron chi connectivity index (χ0n) is 12.5. The van der Waals surface area contributed by atoms with Gasteiger partial charge in [-0.15, -0.1) is 4.40 Å². The van der Waals surface area contributed by atoms with Crippen LogP contribution in [0.25, 0.3) is 0 Å². The van der Waals surface area contributed by atoms with Crippen molar-refractivity contribution in [2.45, 2.75) is 24.3 Å². The molecule has 1 fully saturated rings. The first kappa shape index (κ1) is 15.7. The highest BCUT2D eigenvalue weighted by molar-refractivity contribution is 7.90. The van der Waals surface area contributed by atoms with Gasteiger partial charge in [0, 0.05) is 19.5 Å². The van der Waals surface area contributed by atoms with Crippen LogP contribution in [0.4, 0.5) is 4.39 Å². The summed E-state index contributed by atoms with van der Waals surface area (Å²) in [7, 11) is -3.69. The molecule has 0 amide bonds. The second kappa shape index (κ2) is 6.50. The molecule has 0 aliphatic carbocycles. The average molecular weight is 332 g/mol. The van der Waals surface area contributed by atoms with Crippen LogP contribution in [0, 0.1) is 5.82 Å². The quantitative estimate of drug-likeness (QED) is 0.864. The Kier molecular flexibility index (Phi) is 4.43. The lowest BCUT2D eigenvalue weighted by Crippen LogP contribution is -2.25. The molecule has 1 aliphatic rings. The van der Waals surface area contributed by atoms with E-state index < -0.39 is 10.0 Å². The van der Waals surface area contributed by atoms with Crippen LogP contribution in [0.2, 0.25) is 0 Å². The molecule has 23 heavy (non-hydrogen) atoms. The van der Waals surface area contributed by atoms with Crippen LogP contribution in [0.15, 0.2) is 63.9 Å². The summed E-state index contributed by atoms with van der Waals surface area (Å²) in [6.07, 6.45) is 1.50. The van der Waals surface area contributed by atoms with Gasteiger partial charge in [0.15, 0.2) is 0 Å². The van der Waals surface area contributed by atoms with Crippen molar-refractivity contribution in [2.75, 3.05) is 6.54 Å². The molecule has 0 atom stereocenters. The Morgan fingerprint density at radius 1 is 1.04 bits per heavy atom. The first-order valence-corrected chi connectivity index (χ1v) is 8.87. The lowest BCUT2D eigenvalue weighted by Gasteiger charge is -2.18. The van der Waals surface area contributed by atoms with Gasteiger partial charge in [0.05, 0.1) is 4.90 Å². The minimum Gasteiger partial charge on any atom is -0.355 e. The molecule has 2 aromatic carbocycles. The van der Waals surface area contributed by atoms with Crippen molar-refractivity contribution < 1.29 is 12.8 Å². The van der Waals surface area contributed by atoms with Crippen molar-refractivity contribution in [3.05, 3.63) is 66.0 Å². The number of nitrogens with zero attached hydrogens (tertiary/aromatic N) is 2. The van der Waals surface area contributed by atoms with Crippen molar-refractivity contribution in [3.63, 3.8) is 0 Å². The molecule has 1 saturated heterocycles. The molecule has 0 aromatic heterocycles.